The van der Waals surface area contributed by atoms with E-state index in [1.807, 2.05) is 6.20 Å². The molecule has 0 aliphatic heterocycles. The summed E-state index contributed by atoms with van der Waals surface area (Å²) in [5, 5.41) is 4.10. The summed E-state index contributed by atoms with van der Waals surface area (Å²) >= 11 is 0. The molecule has 5 rings (SSSR count). The molecule has 0 unspecified atom stereocenters. The van der Waals surface area contributed by atoms with Crippen molar-refractivity contribution in [3.05, 3.63) is 42.9 Å². The Hall–Kier alpha value is -3.14. The van der Waals surface area contributed by atoms with Crippen molar-refractivity contribution in [1.29, 1.82) is 0 Å². The minimum atomic E-state index is -2.43. The number of aromatic nitrogens is 5. The second-order valence-electron chi connectivity index (χ2n) is 7.74. The van der Waals surface area contributed by atoms with Crippen molar-refractivity contribution >= 4 is 22.6 Å². The Kier molecular flexibility index (Phi) is 5.23. The van der Waals surface area contributed by atoms with Gasteiger partial charge >= 0.3 is 0 Å². The zero-order valence-electron chi connectivity index (χ0n) is 16.6. The van der Waals surface area contributed by atoms with E-state index in [1.54, 1.807) is 29.2 Å². The van der Waals surface area contributed by atoms with E-state index >= 15 is 0 Å². The van der Waals surface area contributed by atoms with E-state index in [0.717, 1.165) is 36.6 Å². The van der Waals surface area contributed by atoms with Crippen molar-refractivity contribution in [1.82, 2.24) is 24.3 Å². The third kappa shape index (κ3) is 4.07. The molecule has 0 atom stereocenters. The van der Waals surface area contributed by atoms with Gasteiger partial charge < -0.3 is 19.4 Å². The second-order valence-corrected chi connectivity index (χ2v) is 7.74. The molecular weight excluding hydrogens is 409 g/mol. The zero-order valence-corrected chi connectivity index (χ0v) is 16.6. The first kappa shape index (κ1) is 19.8. The van der Waals surface area contributed by atoms with Crippen LogP contribution in [0.3, 0.4) is 0 Å². The maximum Gasteiger partial charge on any atom is 0.261 e. The Morgan fingerprint density at radius 2 is 2.06 bits per heavy atom. The molecule has 0 bridgehead atoms. The Balaban J connectivity index is 1.29. The number of alkyl halides is 2. The number of halogens is 3. The molecule has 0 saturated heterocycles. The minimum Gasteiger partial charge on any atom is -0.372 e. The second kappa shape index (κ2) is 8.18. The summed E-state index contributed by atoms with van der Waals surface area (Å²) in [6.45, 7) is -0.505. The van der Waals surface area contributed by atoms with Crippen LogP contribution >= 0.6 is 0 Å². The highest BCUT2D eigenvalue weighted by Crippen LogP contribution is 2.30. The van der Waals surface area contributed by atoms with Crippen molar-refractivity contribution in [3.8, 4) is 11.1 Å². The molecule has 4 aromatic heterocycles. The lowest BCUT2D eigenvalue weighted by Crippen LogP contribution is -2.31. The predicted octanol–water partition coefficient (Wildman–Crippen LogP) is 4.42. The molecule has 1 aliphatic carbocycles. The average Bonchev–Trinajstić information content (AvgIpc) is 3.40. The van der Waals surface area contributed by atoms with E-state index in [0.29, 0.717) is 17.2 Å². The molecule has 0 amide bonds. The maximum absolute atomic E-state index is 14.3. The molecule has 10 heteroatoms. The van der Waals surface area contributed by atoms with Gasteiger partial charge in [-0.2, -0.15) is 4.98 Å². The number of hydrogen-bond donors (Lipinski definition) is 2. The smallest absolute Gasteiger partial charge is 0.261 e. The van der Waals surface area contributed by atoms with Crippen LogP contribution in [-0.4, -0.2) is 49.5 Å². The van der Waals surface area contributed by atoms with Gasteiger partial charge in [0, 0.05) is 53.5 Å². The number of nitrogens with zero attached hydrogens (tertiary/aromatic N) is 4. The summed E-state index contributed by atoms with van der Waals surface area (Å²) < 4.78 is 45.8. The Bertz CT molecular complexity index is 1200. The van der Waals surface area contributed by atoms with Gasteiger partial charge in [0.05, 0.1) is 6.10 Å². The number of pyridine rings is 1. The van der Waals surface area contributed by atoms with Crippen LogP contribution in [-0.2, 0) is 4.74 Å². The summed E-state index contributed by atoms with van der Waals surface area (Å²) in [7, 11) is 0. The van der Waals surface area contributed by atoms with Crippen LogP contribution in [0.5, 0.6) is 0 Å². The summed E-state index contributed by atoms with van der Waals surface area (Å²) in [6, 6.07) is 1.61. The summed E-state index contributed by atoms with van der Waals surface area (Å²) in [4.78, 5) is 16.1. The van der Waals surface area contributed by atoms with Crippen LogP contribution in [0, 0.1) is 5.82 Å². The zero-order chi connectivity index (χ0) is 21.4. The first-order valence-corrected chi connectivity index (χ1v) is 10.2. The minimum absolute atomic E-state index is 0.116. The van der Waals surface area contributed by atoms with E-state index in [2.05, 4.69) is 25.3 Å². The number of anilines is 1. The lowest BCUT2D eigenvalue weighted by atomic mass is 9.93. The van der Waals surface area contributed by atoms with Crippen molar-refractivity contribution < 1.29 is 17.9 Å². The topological polar surface area (TPSA) is 80.1 Å². The van der Waals surface area contributed by atoms with E-state index in [9.17, 15) is 13.2 Å². The number of imidazole rings is 1. The van der Waals surface area contributed by atoms with E-state index in [4.69, 9.17) is 4.74 Å². The molecule has 0 aromatic carbocycles. The van der Waals surface area contributed by atoms with Crippen LogP contribution in [0.25, 0.3) is 27.8 Å². The third-order valence-corrected chi connectivity index (χ3v) is 5.65. The molecule has 1 aliphatic rings. The highest BCUT2D eigenvalue weighted by molar-refractivity contribution is 5.93. The number of fused-ring (bicyclic) bond motifs is 2. The molecule has 162 valence electrons. The molecule has 7 nitrogen and oxygen atoms in total. The van der Waals surface area contributed by atoms with Crippen molar-refractivity contribution in [3.63, 3.8) is 0 Å². The summed E-state index contributed by atoms with van der Waals surface area (Å²) in [5.41, 5.74) is 2.42. The van der Waals surface area contributed by atoms with Crippen LogP contribution < -0.4 is 5.32 Å². The van der Waals surface area contributed by atoms with E-state index in [-0.39, 0.29) is 17.8 Å². The normalized spacial score (nSPS) is 19.5. The summed E-state index contributed by atoms with van der Waals surface area (Å²) in [6.07, 6.45) is 9.06. The SMILES string of the molecule is Fc1cc(-c2c[nH]c3nc(N[C@H]4CC[C@@H](OCC(F)F)CC4)ncc23)cn2ccnc12. The van der Waals surface area contributed by atoms with Gasteiger partial charge in [-0.05, 0) is 31.7 Å². The lowest BCUT2D eigenvalue weighted by molar-refractivity contribution is -0.0374. The first-order chi connectivity index (χ1) is 15.1. The number of rotatable bonds is 6. The fraction of sp³-hybridized carbons (Fsp3) is 0.381. The lowest BCUT2D eigenvalue weighted by Gasteiger charge is -2.29. The van der Waals surface area contributed by atoms with Crippen LogP contribution in [0.15, 0.2) is 37.1 Å². The van der Waals surface area contributed by atoms with Crippen molar-refractivity contribution in [2.45, 2.75) is 44.3 Å². The van der Waals surface area contributed by atoms with Gasteiger partial charge in [-0.1, -0.05) is 0 Å². The standard InChI is InChI=1S/C21H21F3N6O/c22-17-7-12(10-30-6-5-25-20(17)30)15-8-26-19-16(15)9-27-21(29-19)28-13-1-3-14(4-2-13)31-11-18(23)24/h5-10,13-14,18H,1-4,11H2,(H2,26,27,28,29)/t13-,14+. The average molecular weight is 430 g/mol. The Morgan fingerprint density at radius 1 is 1.23 bits per heavy atom. The number of H-pyrrole nitrogens is 1. The molecule has 4 aromatic rings. The number of hydrogen-bond acceptors (Lipinski definition) is 5. The van der Waals surface area contributed by atoms with E-state index in [1.165, 1.54) is 6.07 Å². The Morgan fingerprint density at radius 3 is 2.87 bits per heavy atom. The third-order valence-electron chi connectivity index (χ3n) is 5.65. The number of aromatic amines is 1. The maximum atomic E-state index is 14.3. The van der Waals surface area contributed by atoms with Gasteiger partial charge in [-0.15, -0.1) is 0 Å². The van der Waals surface area contributed by atoms with Crippen molar-refractivity contribution in [2.24, 2.45) is 0 Å². The van der Waals surface area contributed by atoms with E-state index < -0.39 is 18.8 Å². The molecule has 31 heavy (non-hydrogen) atoms. The molecule has 2 N–H and O–H groups in total. The van der Waals surface area contributed by atoms with Gasteiger partial charge in [0.1, 0.15) is 12.3 Å². The fourth-order valence-electron chi connectivity index (χ4n) is 4.12. The van der Waals surface area contributed by atoms with Crippen LogP contribution in [0.4, 0.5) is 19.1 Å². The van der Waals surface area contributed by atoms with Gasteiger partial charge in [0.2, 0.25) is 5.95 Å². The van der Waals surface area contributed by atoms with Gasteiger partial charge in [-0.25, -0.2) is 23.1 Å². The van der Waals surface area contributed by atoms with Crippen LogP contribution in [0.2, 0.25) is 0 Å². The highest BCUT2D eigenvalue weighted by Gasteiger charge is 2.23. The molecule has 1 fully saturated rings. The number of nitrogens with one attached hydrogen (secondary N) is 2. The van der Waals surface area contributed by atoms with Crippen molar-refractivity contribution in [2.75, 3.05) is 11.9 Å². The molecule has 4 heterocycles. The molecular formula is C21H21F3N6O. The van der Waals surface area contributed by atoms with Gasteiger partial charge in [0.15, 0.2) is 11.5 Å². The fourth-order valence-corrected chi connectivity index (χ4v) is 4.12. The predicted molar refractivity (Wildman–Crippen MR) is 110 cm³/mol. The van der Waals surface area contributed by atoms with Gasteiger partial charge in [0.25, 0.3) is 6.43 Å². The molecule has 0 radical (unpaired) electrons. The monoisotopic (exact) mass is 430 g/mol. The first-order valence-electron chi connectivity index (χ1n) is 10.2. The number of ether oxygens (including phenoxy) is 1. The molecule has 0 spiro atoms. The highest BCUT2D eigenvalue weighted by atomic mass is 19.3. The Labute approximate surface area is 175 Å². The quantitative estimate of drug-likeness (QED) is 0.474. The summed E-state index contributed by atoms with van der Waals surface area (Å²) in [5.74, 6) is 0.0956. The molecule has 1 saturated carbocycles. The van der Waals surface area contributed by atoms with Crippen LogP contribution in [0.1, 0.15) is 25.7 Å². The van der Waals surface area contributed by atoms with Gasteiger partial charge in [-0.3, -0.25) is 0 Å². The largest absolute Gasteiger partial charge is 0.372 e.